The van der Waals surface area contributed by atoms with Crippen LogP contribution in [-0.4, -0.2) is 234 Å². The molecule has 0 amide bonds. The highest BCUT2D eigenvalue weighted by Crippen LogP contribution is 2.63. The fourth-order valence-corrected chi connectivity index (χ4v) is 75.0. The van der Waals surface area contributed by atoms with E-state index in [0.717, 1.165) is 49.2 Å². The molecular weight excluding hydrogens is 1960 g/mol. The van der Waals surface area contributed by atoms with Crippen molar-refractivity contribution in [2.45, 2.75) is 405 Å². The Morgan fingerprint density at radius 2 is 0.813 bits per heavy atom. The number of alkyl halides is 3. The quantitative estimate of drug-likeness (QED) is 0.0208. The lowest BCUT2D eigenvalue weighted by Crippen LogP contribution is -2.63. The Kier molecular flexibility index (Phi) is 55.5. The number of esters is 4. The molecule has 4 aliphatic carbocycles. The Morgan fingerprint density at radius 1 is 0.463 bits per heavy atom. The molecule has 1 aromatic carbocycles. The first-order valence-corrected chi connectivity index (χ1v) is 83.0. The number of hydrogen-bond acceptors (Lipinski definition) is 25. The van der Waals surface area contributed by atoms with Crippen LogP contribution in [-0.2, 0) is 120 Å². The van der Waals surface area contributed by atoms with Crippen LogP contribution in [0.25, 0.3) is 4.13 Å². The third-order valence-electron chi connectivity index (χ3n) is 22.6. The Bertz CT molecular complexity index is 3890. The number of halogens is 3. The molecule has 3 unspecified atom stereocenters. The summed E-state index contributed by atoms with van der Waals surface area (Å²) in [4.78, 5) is 58.1. The number of carboxylic acids is 1. The molecule has 0 spiro atoms. The Balaban J connectivity index is 0. The third kappa shape index (κ3) is 55.2. The zero-order valence-electron chi connectivity index (χ0n) is 91.2. The van der Waals surface area contributed by atoms with Gasteiger partial charge >= 0.3 is 112 Å². The van der Waals surface area contributed by atoms with Crippen molar-refractivity contribution in [3.05, 3.63) is 40.0 Å². The minimum absolute atomic E-state index is 0.0270. The lowest BCUT2D eigenvalue weighted by molar-refractivity contribution is -0.884. The van der Waals surface area contributed by atoms with Crippen LogP contribution in [0.15, 0.2) is 30.3 Å². The fourth-order valence-electron chi connectivity index (χ4n) is 16.2. The number of rotatable bonds is 54. The number of carboxylic acid groups (broad SMARTS) is 1. The van der Waals surface area contributed by atoms with E-state index < -0.39 is 163 Å². The average Bonchev–Trinajstić information content (AvgIpc) is 0.699. The topological polar surface area (TPSA) is 336 Å². The molecule has 44 heteroatoms. The largest absolute Gasteiger partial charge is 0.481 e. The molecule has 4 aliphatic rings. The van der Waals surface area contributed by atoms with Gasteiger partial charge in [0.1, 0.15) is 18.8 Å². The molecule has 792 valence electrons. The third-order valence-corrected chi connectivity index (χ3v) is 68.0. The van der Waals surface area contributed by atoms with Crippen molar-refractivity contribution >= 4 is 144 Å². The molecule has 0 radical (unpaired) electrons. The highest BCUT2D eigenvalue weighted by atomic mass is 32.3. The summed E-state index contributed by atoms with van der Waals surface area (Å²) in [6.07, 6.45) is 14.5. The van der Waals surface area contributed by atoms with Gasteiger partial charge in [-0.2, -0.15) is 13.2 Å². The van der Waals surface area contributed by atoms with Crippen LogP contribution in [0.3, 0.4) is 0 Å². The maximum atomic E-state index is 12.8. The van der Waals surface area contributed by atoms with Crippen molar-refractivity contribution in [2.24, 2.45) is 39.4 Å². The maximum Gasteiger partial charge on any atom is 0.480 e. The molecule has 28 nitrogen and oxygen atoms in total. The van der Waals surface area contributed by atoms with E-state index in [2.05, 4.69) is 213 Å². The second-order valence-electron chi connectivity index (χ2n) is 45.4. The number of nitrogens with zero attached hydrogens (tertiary/aromatic N) is 2. The lowest BCUT2D eigenvalue weighted by Gasteiger charge is -2.62. The monoisotopic (exact) mass is 2140 g/mol. The molecule has 4 bridgehead atoms. The van der Waals surface area contributed by atoms with Gasteiger partial charge in [-0.1, -0.05) is 117 Å². The smallest absolute Gasteiger partial charge is 0.480 e. The summed E-state index contributed by atoms with van der Waals surface area (Å²) in [6, 6.07) is 11.4. The van der Waals surface area contributed by atoms with Crippen LogP contribution in [0.2, 0.25) is 157 Å². The second kappa shape index (κ2) is 55.4. The lowest BCUT2D eigenvalue weighted by atomic mass is 9.53. The highest BCUT2D eigenvalue weighted by Gasteiger charge is 2.64. The molecular formula is C90H189F3N2O26S2Si11. The summed E-state index contributed by atoms with van der Waals surface area (Å²) in [6.45, 7) is 80.5. The molecule has 0 heterocycles. The van der Waals surface area contributed by atoms with Crippen LogP contribution in [0.5, 0.6) is 0 Å². The van der Waals surface area contributed by atoms with Crippen LogP contribution in [0.4, 0.5) is 13.2 Å². The normalized spacial score (nSPS) is 18.3. The van der Waals surface area contributed by atoms with Crippen molar-refractivity contribution in [3.63, 3.8) is 0 Å². The molecule has 4 saturated carbocycles. The number of aliphatic carboxylic acids is 1. The number of methoxy groups -OCH3 is 1. The van der Waals surface area contributed by atoms with Crippen molar-refractivity contribution in [1.29, 1.82) is 0 Å². The highest BCUT2D eigenvalue weighted by molar-refractivity contribution is 8.13. The molecule has 4 fully saturated rings. The Morgan fingerprint density at radius 3 is 1.16 bits per heavy atom. The second-order valence-corrected chi connectivity index (χ2v) is 90.9. The van der Waals surface area contributed by atoms with Crippen molar-refractivity contribution in [3.8, 4) is 0 Å². The number of sulfonamides is 2. The number of unbranched alkanes of at least 4 members (excludes halogenated alkanes) is 6. The molecule has 0 aliphatic heterocycles. The minimum Gasteiger partial charge on any atom is -0.481 e. The summed E-state index contributed by atoms with van der Waals surface area (Å²) in [5, 5.41) is 8.44. The van der Waals surface area contributed by atoms with Crippen molar-refractivity contribution < 1.29 is 133 Å². The number of ether oxygens (including phenoxy) is 6. The van der Waals surface area contributed by atoms with E-state index in [9.17, 15) is 54.0 Å². The van der Waals surface area contributed by atoms with Gasteiger partial charge in [0.25, 0.3) is 0 Å². The zero-order valence-corrected chi connectivity index (χ0v) is 104. The molecule has 0 aromatic heterocycles. The van der Waals surface area contributed by atoms with E-state index in [1.807, 2.05) is 69.2 Å². The van der Waals surface area contributed by atoms with E-state index in [4.69, 9.17) is 74.7 Å². The average molecular weight is 2150 g/mol. The Labute approximate surface area is 823 Å². The summed E-state index contributed by atoms with van der Waals surface area (Å²) in [7, 11) is -30.6. The Hall–Kier alpha value is -1.91. The van der Waals surface area contributed by atoms with E-state index >= 15 is 0 Å². The summed E-state index contributed by atoms with van der Waals surface area (Å²) < 4.78 is 187. The van der Waals surface area contributed by atoms with Gasteiger partial charge in [0.15, 0.2) is 26.7 Å². The van der Waals surface area contributed by atoms with Crippen molar-refractivity contribution in [2.75, 3.05) is 67.9 Å². The number of benzene rings is 1. The van der Waals surface area contributed by atoms with Gasteiger partial charge in [0.2, 0.25) is 0 Å². The summed E-state index contributed by atoms with van der Waals surface area (Å²) in [5.74, 6) is -1.84. The fraction of sp³-hybridized carbons (Fsp3) is 0.878. The molecule has 1 N–H and O–H groups in total. The van der Waals surface area contributed by atoms with Gasteiger partial charge in [-0.15, -0.1) is 0 Å². The van der Waals surface area contributed by atoms with Crippen LogP contribution in [0, 0.1) is 39.4 Å². The van der Waals surface area contributed by atoms with Gasteiger partial charge in [0.05, 0.1) is 96.5 Å². The summed E-state index contributed by atoms with van der Waals surface area (Å²) in [5.41, 5.74) is -7.69. The molecule has 1 aromatic rings. The van der Waals surface area contributed by atoms with Crippen LogP contribution in [0.1, 0.15) is 231 Å². The van der Waals surface area contributed by atoms with Crippen molar-refractivity contribution in [1.82, 2.24) is 0 Å². The van der Waals surface area contributed by atoms with Gasteiger partial charge in [-0.25, -0.2) is 16.8 Å². The first-order chi connectivity index (χ1) is 60.1. The van der Waals surface area contributed by atoms with Gasteiger partial charge in [0, 0.05) is 19.1 Å². The molecule has 5 rings (SSSR count). The summed E-state index contributed by atoms with van der Waals surface area (Å²) >= 11 is 0. The van der Waals surface area contributed by atoms with E-state index in [0.29, 0.717) is 71.7 Å². The molecule has 0 saturated heterocycles. The van der Waals surface area contributed by atoms with Gasteiger partial charge in [-0.3, -0.25) is 24.0 Å². The standard InChI is InChI=1S/C32H86O12Si11.C17H25F3NO6S2.C14H28O2.C11H22O4.C10H16N.C6H12O2/c1-27-32(2,3)31(33)34-29-28-30-46(7,8)36-48(11,12)38-50(15,16)40-52(19,20)42-54(23,24)44-55(25,26)43-53(21,22)41-51(17,18)39-49(13,14)37-47(9,10)35-45(4,5)6;1-4-14(2,3)13(22)27-15-6-11-5-12(7-15)9-16(8-11,10-15)28(23,24)21-29(25,26)17(18,19)20;1-4-6-7-8-9-10-11-12-16-14(15)13(3)5-2;1-5-11(2,3)10(12)15-9-8-14-7-6-13-4;1-11(2,3)9-10-7-5-4-6-8-10;1-4-6(2,3)5(7)8/h27-30H2,1-26H3;11-12H,4-10H2,1-3H3;13H,4-12H2,1-3H3;5-9H2,1-4H3;4-8H,9H2,1-3H3;4H2,1-3H3,(H,7,8)/q;-1;;;+1;. The SMILES string of the molecule is CCC(C)(C)C(=O)O.CCC(C)(C)C(=O)OC12CC3CC(C1)CC(S(=O)(=O)[N-]S(=O)(=O)C(F)(F)F)(C3)C2.CCC(C)(C)C(=O)OCCC[Si](C)(C)O[Si](C)(C)O[Si](C)(C)O[Si](C)(C)O[Si](C)(C)O[Si](C)(C)O[Si](C)(C)O[Si](C)(C)O[Si](C)(C)O[Si](C)(C)O[Si](C)(C)C.CCC(C)(C)C(=O)OCCOCCOC.CCCCCCCCCOC(=O)C(C)CC.C[N+](C)(C)Cc1ccccc1. The first-order valence-electron chi connectivity index (χ1n) is 48.3. The zero-order chi connectivity index (χ0) is 105. The van der Waals surface area contributed by atoms with Crippen LogP contribution >= 0.6 is 0 Å². The predicted octanol–water partition coefficient (Wildman–Crippen LogP) is 23.8. The van der Waals surface area contributed by atoms with E-state index in [1.165, 1.54) is 44.1 Å². The number of quaternary nitrogens is 1. The minimum atomic E-state index is -6.19. The first kappa shape index (κ1) is 134. The molecule has 134 heavy (non-hydrogen) atoms. The number of hydrogen-bond donors (Lipinski definition) is 1. The number of carbonyl (C=O) groups excluding carboxylic acids is 4. The van der Waals surface area contributed by atoms with Crippen LogP contribution < -0.4 is 0 Å². The van der Waals surface area contributed by atoms with E-state index in [-0.39, 0.29) is 54.9 Å². The molecule has 3 atom stereocenters. The van der Waals surface area contributed by atoms with Gasteiger partial charge < -0.3 is 83.3 Å². The predicted molar refractivity (Wildman–Crippen MR) is 557 cm³/mol. The number of carbonyl (C=O) groups is 5. The van der Waals surface area contributed by atoms with E-state index in [1.54, 1.807) is 34.8 Å². The maximum absolute atomic E-state index is 12.8. The van der Waals surface area contributed by atoms with Gasteiger partial charge in [-0.05, 0) is 301 Å².